The van der Waals surface area contributed by atoms with E-state index < -0.39 is 0 Å². The predicted octanol–water partition coefficient (Wildman–Crippen LogP) is 1.94. The Morgan fingerprint density at radius 1 is 1.24 bits per heavy atom. The highest BCUT2D eigenvalue weighted by atomic mass is 35.5. The van der Waals surface area contributed by atoms with Gasteiger partial charge >= 0.3 is 0 Å². The summed E-state index contributed by atoms with van der Waals surface area (Å²) in [5.41, 5.74) is 7.41. The molecule has 2 rings (SSSR count). The largest absolute Gasteiger partial charge is 0.497 e. The van der Waals surface area contributed by atoms with E-state index >= 15 is 0 Å². The van der Waals surface area contributed by atoms with Crippen molar-refractivity contribution in [1.29, 1.82) is 0 Å². The fourth-order valence-corrected chi connectivity index (χ4v) is 2.10. The Labute approximate surface area is 115 Å². The van der Waals surface area contributed by atoms with Crippen LogP contribution in [0.4, 0.5) is 0 Å². The minimum Gasteiger partial charge on any atom is -0.497 e. The highest BCUT2D eigenvalue weighted by Crippen LogP contribution is 2.24. The molecule has 0 radical (unpaired) electrons. The molecule has 1 heterocycles. The molecule has 0 saturated carbocycles. The molecule has 0 aromatic heterocycles. The molecule has 1 aromatic rings. The molecular formula is C12H20Cl2N2O. The van der Waals surface area contributed by atoms with Crippen molar-refractivity contribution in [3.8, 4) is 5.75 Å². The van der Waals surface area contributed by atoms with Crippen molar-refractivity contribution in [3.63, 3.8) is 0 Å². The Balaban J connectivity index is 0.00000128. The van der Waals surface area contributed by atoms with Crippen LogP contribution in [0.25, 0.3) is 0 Å². The van der Waals surface area contributed by atoms with Crippen LogP contribution in [0.2, 0.25) is 0 Å². The number of nitrogens with two attached hydrogens (primary N) is 1. The van der Waals surface area contributed by atoms with E-state index in [0.717, 1.165) is 25.3 Å². The van der Waals surface area contributed by atoms with Crippen molar-refractivity contribution in [2.24, 2.45) is 5.73 Å². The van der Waals surface area contributed by atoms with Crippen molar-refractivity contribution in [2.75, 3.05) is 20.2 Å². The third-order valence-electron chi connectivity index (χ3n) is 3.08. The van der Waals surface area contributed by atoms with Crippen molar-refractivity contribution in [1.82, 2.24) is 5.32 Å². The van der Waals surface area contributed by atoms with Crippen LogP contribution in [0.3, 0.4) is 0 Å². The average Bonchev–Trinajstić information content (AvgIpc) is 2.30. The molecule has 0 bridgehead atoms. The van der Waals surface area contributed by atoms with Crippen LogP contribution in [0, 0.1) is 0 Å². The second-order valence-corrected chi connectivity index (χ2v) is 4.04. The van der Waals surface area contributed by atoms with Gasteiger partial charge in [-0.2, -0.15) is 0 Å². The molecule has 3 N–H and O–H groups in total. The molecule has 1 aromatic carbocycles. The quantitative estimate of drug-likeness (QED) is 0.869. The van der Waals surface area contributed by atoms with Crippen LogP contribution in [-0.4, -0.2) is 26.2 Å². The number of hydrogen-bond acceptors (Lipinski definition) is 3. The fraction of sp³-hybridized carbons (Fsp3) is 0.500. The zero-order valence-corrected chi connectivity index (χ0v) is 11.5. The SMILES string of the molecule is COc1ccc(C2CNCCC2N)cc1.Cl.Cl. The van der Waals surface area contributed by atoms with E-state index in [1.807, 2.05) is 12.1 Å². The second kappa shape index (κ2) is 7.77. The van der Waals surface area contributed by atoms with E-state index in [-0.39, 0.29) is 30.9 Å². The molecular weight excluding hydrogens is 259 g/mol. The summed E-state index contributed by atoms with van der Waals surface area (Å²) < 4.78 is 5.14. The minimum atomic E-state index is 0. The summed E-state index contributed by atoms with van der Waals surface area (Å²) in [5.74, 6) is 1.33. The molecule has 3 nitrogen and oxygen atoms in total. The third-order valence-corrected chi connectivity index (χ3v) is 3.08. The molecule has 2 unspecified atom stereocenters. The van der Waals surface area contributed by atoms with Gasteiger partial charge in [0.2, 0.25) is 0 Å². The van der Waals surface area contributed by atoms with Crippen LogP contribution in [0.5, 0.6) is 5.75 Å². The van der Waals surface area contributed by atoms with Crippen LogP contribution >= 0.6 is 24.8 Å². The van der Waals surface area contributed by atoms with Gasteiger partial charge in [0.05, 0.1) is 7.11 Å². The van der Waals surface area contributed by atoms with Crippen LogP contribution < -0.4 is 15.8 Å². The maximum Gasteiger partial charge on any atom is 0.118 e. The topological polar surface area (TPSA) is 47.3 Å². The molecule has 5 heteroatoms. The molecule has 98 valence electrons. The lowest BCUT2D eigenvalue weighted by Crippen LogP contribution is -2.43. The summed E-state index contributed by atoms with van der Waals surface area (Å²) in [7, 11) is 1.68. The second-order valence-electron chi connectivity index (χ2n) is 4.04. The molecule has 1 fully saturated rings. The molecule has 17 heavy (non-hydrogen) atoms. The Kier molecular flexibility index (Phi) is 7.55. The van der Waals surface area contributed by atoms with Crippen LogP contribution in [-0.2, 0) is 0 Å². The molecule has 0 aliphatic carbocycles. The van der Waals surface area contributed by atoms with Crippen molar-refractivity contribution in [3.05, 3.63) is 29.8 Å². The van der Waals surface area contributed by atoms with Gasteiger partial charge in [-0.25, -0.2) is 0 Å². The van der Waals surface area contributed by atoms with Gasteiger partial charge < -0.3 is 15.8 Å². The summed E-state index contributed by atoms with van der Waals surface area (Å²) in [6.45, 7) is 2.02. The van der Waals surface area contributed by atoms with Crippen molar-refractivity contribution < 1.29 is 4.74 Å². The minimum absolute atomic E-state index is 0. The number of piperidine rings is 1. The summed E-state index contributed by atoms with van der Waals surface area (Å²) in [6.07, 6.45) is 1.05. The van der Waals surface area contributed by atoms with Crippen molar-refractivity contribution in [2.45, 2.75) is 18.4 Å². The standard InChI is InChI=1S/C12H18N2O.2ClH/c1-15-10-4-2-9(3-5-10)11-8-14-7-6-12(11)13;;/h2-5,11-12,14H,6-8,13H2,1H3;2*1H. The zero-order chi connectivity index (χ0) is 10.7. The molecule has 1 aliphatic heterocycles. The number of ether oxygens (including phenoxy) is 1. The lowest BCUT2D eigenvalue weighted by molar-refractivity contribution is 0.400. The van der Waals surface area contributed by atoms with Gasteiger partial charge in [0.25, 0.3) is 0 Å². The number of nitrogens with one attached hydrogen (secondary N) is 1. The molecule has 1 aliphatic rings. The number of methoxy groups -OCH3 is 1. The van der Waals surface area contributed by atoms with Crippen molar-refractivity contribution >= 4 is 24.8 Å². The summed E-state index contributed by atoms with van der Waals surface area (Å²) in [4.78, 5) is 0. The van der Waals surface area contributed by atoms with E-state index in [4.69, 9.17) is 10.5 Å². The Bertz CT molecular complexity index is 319. The van der Waals surface area contributed by atoms with Crippen LogP contribution in [0.1, 0.15) is 17.9 Å². The maximum atomic E-state index is 6.11. The first kappa shape index (κ1) is 16.5. The number of rotatable bonds is 2. The lowest BCUT2D eigenvalue weighted by atomic mass is 9.87. The normalized spacial score (nSPS) is 23.2. The first-order valence-corrected chi connectivity index (χ1v) is 5.41. The molecule has 0 spiro atoms. The highest BCUT2D eigenvalue weighted by Gasteiger charge is 2.22. The Morgan fingerprint density at radius 2 is 1.88 bits per heavy atom. The van der Waals surface area contributed by atoms with Gasteiger partial charge in [-0.3, -0.25) is 0 Å². The smallest absolute Gasteiger partial charge is 0.118 e. The van der Waals surface area contributed by atoms with Gasteiger partial charge in [0.1, 0.15) is 5.75 Å². The number of benzene rings is 1. The van der Waals surface area contributed by atoms with Gasteiger partial charge in [-0.05, 0) is 30.7 Å². The highest BCUT2D eigenvalue weighted by molar-refractivity contribution is 5.85. The first-order chi connectivity index (χ1) is 7.31. The summed E-state index contributed by atoms with van der Waals surface area (Å²) >= 11 is 0. The van der Waals surface area contributed by atoms with Gasteiger partial charge in [-0.15, -0.1) is 24.8 Å². The zero-order valence-electron chi connectivity index (χ0n) is 9.89. The average molecular weight is 279 g/mol. The fourth-order valence-electron chi connectivity index (χ4n) is 2.10. The molecule has 0 amide bonds. The lowest BCUT2D eigenvalue weighted by Gasteiger charge is -2.29. The van der Waals surface area contributed by atoms with E-state index in [0.29, 0.717) is 5.92 Å². The van der Waals surface area contributed by atoms with E-state index in [1.54, 1.807) is 7.11 Å². The monoisotopic (exact) mass is 278 g/mol. The van der Waals surface area contributed by atoms with E-state index in [2.05, 4.69) is 17.4 Å². The predicted molar refractivity (Wildman–Crippen MR) is 75.7 cm³/mol. The van der Waals surface area contributed by atoms with E-state index in [1.165, 1.54) is 5.56 Å². The van der Waals surface area contributed by atoms with Gasteiger partial charge in [0.15, 0.2) is 0 Å². The Hall–Kier alpha value is -0.480. The van der Waals surface area contributed by atoms with Gasteiger partial charge in [-0.1, -0.05) is 12.1 Å². The van der Waals surface area contributed by atoms with Gasteiger partial charge in [0, 0.05) is 18.5 Å². The summed E-state index contributed by atoms with van der Waals surface area (Å²) in [6, 6.07) is 8.49. The first-order valence-electron chi connectivity index (χ1n) is 5.41. The number of halogens is 2. The molecule has 1 saturated heterocycles. The summed E-state index contributed by atoms with van der Waals surface area (Å²) in [5, 5.41) is 3.38. The van der Waals surface area contributed by atoms with E-state index in [9.17, 15) is 0 Å². The maximum absolute atomic E-state index is 6.11. The third kappa shape index (κ3) is 4.03. The van der Waals surface area contributed by atoms with Crippen LogP contribution in [0.15, 0.2) is 24.3 Å². The molecule has 2 atom stereocenters. The number of hydrogen-bond donors (Lipinski definition) is 2. The Morgan fingerprint density at radius 3 is 2.41 bits per heavy atom.